The van der Waals surface area contributed by atoms with Crippen LogP contribution in [0, 0.1) is 17.1 Å². The van der Waals surface area contributed by atoms with Crippen molar-refractivity contribution in [3.8, 4) is 11.8 Å². The molecule has 18 heavy (non-hydrogen) atoms. The molecule has 0 bridgehead atoms. The lowest BCUT2D eigenvalue weighted by atomic mass is 10.1. The van der Waals surface area contributed by atoms with Gasteiger partial charge in [0.2, 0.25) is 0 Å². The molecule has 2 atom stereocenters. The van der Waals surface area contributed by atoms with E-state index in [9.17, 15) is 4.39 Å². The monoisotopic (exact) mass is 250 g/mol. The van der Waals surface area contributed by atoms with Crippen molar-refractivity contribution in [2.75, 3.05) is 6.54 Å². The lowest BCUT2D eigenvalue weighted by Gasteiger charge is -2.15. The fourth-order valence-corrected chi connectivity index (χ4v) is 1.66. The third kappa shape index (κ3) is 3.71. The Morgan fingerprint density at radius 2 is 2.17 bits per heavy atom. The number of rotatable bonds is 6. The van der Waals surface area contributed by atoms with Gasteiger partial charge in [0.15, 0.2) is 17.7 Å². The smallest absolute Gasteiger partial charge is 0.184 e. The number of nitrogens with zero attached hydrogens (tertiary/aromatic N) is 1. The summed E-state index contributed by atoms with van der Waals surface area (Å²) in [7, 11) is 0. The van der Waals surface area contributed by atoms with Crippen LogP contribution < -0.4 is 10.1 Å². The Bertz CT molecular complexity index is 428. The van der Waals surface area contributed by atoms with Crippen LogP contribution in [0.15, 0.2) is 18.2 Å². The van der Waals surface area contributed by atoms with E-state index in [1.807, 2.05) is 32.9 Å². The SMILES string of the molecule is CCNC(C)c1ccc(OC(C#N)CC)c(F)c1. The number of hydrogen-bond acceptors (Lipinski definition) is 3. The molecule has 2 unspecified atom stereocenters. The van der Waals surface area contributed by atoms with Crippen molar-refractivity contribution in [2.24, 2.45) is 0 Å². The maximum absolute atomic E-state index is 13.8. The number of nitriles is 1. The molecule has 0 saturated heterocycles. The lowest BCUT2D eigenvalue weighted by molar-refractivity contribution is 0.240. The molecule has 0 saturated carbocycles. The Hall–Kier alpha value is -1.60. The predicted molar refractivity (Wildman–Crippen MR) is 68.8 cm³/mol. The lowest BCUT2D eigenvalue weighted by Crippen LogP contribution is -2.18. The zero-order valence-electron chi connectivity index (χ0n) is 11.0. The highest BCUT2D eigenvalue weighted by Crippen LogP contribution is 2.23. The summed E-state index contributed by atoms with van der Waals surface area (Å²) >= 11 is 0. The van der Waals surface area contributed by atoms with Crippen molar-refractivity contribution < 1.29 is 9.13 Å². The van der Waals surface area contributed by atoms with E-state index in [0.717, 1.165) is 12.1 Å². The minimum absolute atomic E-state index is 0.0940. The van der Waals surface area contributed by atoms with Gasteiger partial charge >= 0.3 is 0 Å². The third-order valence-electron chi connectivity index (χ3n) is 2.75. The predicted octanol–water partition coefficient (Wildman–Crippen LogP) is 3.18. The van der Waals surface area contributed by atoms with Crippen LogP contribution in [-0.2, 0) is 0 Å². The standard InChI is InChI=1S/C14H19FN2O/c1-4-12(9-16)18-14-7-6-11(8-13(14)15)10(3)17-5-2/h6-8,10,12,17H,4-5H2,1-3H3. The molecule has 1 N–H and O–H groups in total. The summed E-state index contributed by atoms with van der Waals surface area (Å²) in [4.78, 5) is 0. The second kappa shape index (κ2) is 6.97. The molecular weight excluding hydrogens is 231 g/mol. The van der Waals surface area contributed by atoms with Gasteiger partial charge in [-0.2, -0.15) is 5.26 Å². The van der Waals surface area contributed by atoms with Crippen molar-refractivity contribution in [1.82, 2.24) is 5.32 Å². The molecule has 0 radical (unpaired) electrons. The van der Waals surface area contributed by atoms with Crippen LogP contribution in [0.1, 0.15) is 38.8 Å². The first-order chi connectivity index (χ1) is 8.62. The maximum atomic E-state index is 13.8. The van der Waals surface area contributed by atoms with Crippen molar-refractivity contribution >= 4 is 0 Å². The van der Waals surface area contributed by atoms with Gasteiger partial charge in [-0.3, -0.25) is 0 Å². The highest BCUT2D eigenvalue weighted by atomic mass is 19.1. The van der Waals surface area contributed by atoms with Crippen LogP contribution in [0.25, 0.3) is 0 Å². The van der Waals surface area contributed by atoms with Crippen LogP contribution in [-0.4, -0.2) is 12.6 Å². The average molecular weight is 250 g/mol. The summed E-state index contributed by atoms with van der Waals surface area (Å²) in [6.45, 7) is 6.63. The number of ether oxygens (including phenoxy) is 1. The zero-order chi connectivity index (χ0) is 13.5. The third-order valence-corrected chi connectivity index (χ3v) is 2.75. The van der Waals surface area contributed by atoms with E-state index in [0.29, 0.717) is 6.42 Å². The molecule has 0 amide bonds. The van der Waals surface area contributed by atoms with Crippen LogP contribution in [0.3, 0.4) is 0 Å². The van der Waals surface area contributed by atoms with Crippen LogP contribution in [0.5, 0.6) is 5.75 Å². The Kier molecular flexibility index (Phi) is 5.60. The summed E-state index contributed by atoms with van der Waals surface area (Å²) in [5, 5.41) is 12.0. The van der Waals surface area contributed by atoms with Crippen molar-refractivity contribution in [3.05, 3.63) is 29.6 Å². The van der Waals surface area contributed by atoms with Crippen LogP contribution in [0.4, 0.5) is 4.39 Å². The van der Waals surface area contributed by atoms with E-state index in [-0.39, 0.29) is 11.8 Å². The minimum Gasteiger partial charge on any atom is -0.473 e. The van der Waals surface area contributed by atoms with Gasteiger partial charge in [-0.1, -0.05) is 19.9 Å². The zero-order valence-corrected chi connectivity index (χ0v) is 11.0. The minimum atomic E-state index is -0.600. The summed E-state index contributed by atoms with van der Waals surface area (Å²) < 4.78 is 19.1. The molecular formula is C14H19FN2O. The van der Waals surface area contributed by atoms with E-state index in [2.05, 4.69) is 5.32 Å². The molecule has 0 aliphatic carbocycles. The van der Waals surface area contributed by atoms with Gasteiger partial charge in [-0.05, 0) is 37.6 Å². The average Bonchev–Trinajstić information content (AvgIpc) is 2.37. The molecule has 3 nitrogen and oxygen atoms in total. The fourth-order valence-electron chi connectivity index (χ4n) is 1.66. The van der Waals surface area contributed by atoms with E-state index in [1.54, 1.807) is 6.07 Å². The summed E-state index contributed by atoms with van der Waals surface area (Å²) in [5.74, 6) is -0.290. The van der Waals surface area contributed by atoms with E-state index >= 15 is 0 Å². The first kappa shape index (κ1) is 14.5. The molecule has 0 fully saturated rings. The second-order valence-corrected chi connectivity index (χ2v) is 4.11. The molecule has 0 heterocycles. The van der Waals surface area contributed by atoms with E-state index in [4.69, 9.17) is 10.00 Å². The molecule has 0 spiro atoms. The Morgan fingerprint density at radius 3 is 2.67 bits per heavy atom. The van der Waals surface area contributed by atoms with E-state index in [1.165, 1.54) is 6.07 Å². The van der Waals surface area contributed by atoms with Gasteiger partial charge in [0.05, 0.1) is 0 Å². The molecule has 0 aromatic heterocycles. The van der Waals surface area contributed by atoms with Crippen LogP contribution >= 0.6 is 0 Å². The molecule has 1 aromatic carbocycles. The second-order valence-electron chi connectivity index (χ2n) is 4.11. The topological polar surface area (TPSA) is 45.0 Å². The van der Waals surface area contributed by atoms with Crippen molar-refractivity contribution in [1.29, 1.82) is 5.26 Å². The summed E-state index contributed by atoms with van der Waals surface area (Å²) in [5.41, 5.74) is 0.867. The van der Waals surface area contributed by atoms with Crippen LogP contribution in [0.2, 0.25) is 0 Å². The number of hydrogen-bond donors (Lipinski definition) is 1. The van der Waals surface area contributed by atoms with Crippen molar-refractivity contribution in [2.45, 2.75) is 39.3 Å². The highest BCUT2D eigenvalue weighted by Gasteiger charge is 2.12. The summed E-state index contributed by atoms with van der Waals surface area (Å²) in [6.07, 6.45) is -0.0672. The Morgan fingerprint density at radius 1 is 1.44 bits per heavy atom. The Balaban J connectivity index is 2.83. The van der Waals surface area contributed by atoms with Gasteiger partial charge in [0, 0.05) is 6.04 Å². The number of benzene rings is 1. The van der Waals surface area contributed by atoms with E-state index < -0.39 is 11.9 Å². The maximum Gasteiger partial charge on any atom is 0.184 e. The first-order valence-corrected chi connectivity index (χ1v) is 6.21. The number of halogens is 1. The quantitative estimate of drug-likeness (QED) is 0.843. The molecule has 1 aromatic rings. The molecule has 0 aliphatic rings. The van der Waals surface area contributed by atoms with Gasteiger partial charge < -0.3 is 10.1 Å². The fraction of sp³-hybridized carbons (Fsp3) is 0.500. The molecule has 98 valence electrons. The molecule has 4 heteroatoms. The van der Waals surface area contributed by atoms with Gasteiger partial charge in [0.1, 0.15) is 6.07 Å². The molecule has 1 rings (SSSR count). The summed E-state index contributed by atoms with van der Waals surface area (Å²) in [6, 6.07) is 6.93. The molecule has 0 aliphatic heterocycles. The highest BCUT2D eigenvalue weighted by molar-refractivity contribution is 5.31. The van der Waals surface area contributed by atoms with Gasteiger partial charge in [-0.25, -0.2) is 4.39 Å². The normalized spacial score (nSPS) is 13.7. The first-order valence-electron chi connectivity index (χ1n) is 6.21. The van der Waals surface area contributed by atoms with Gasteiger partial charge in [0.25, 0.3) is 0 Å². The Labute approximate surface area is 108 Å². The van der Waals surface area contributed by atoms with Crippen molar-refractivity contribution in [3.63, 3.8) is 0 Å². The van der Waals surface area contributed by atoms with Gasteiger partial charge in [-0.15, -0.1) is 0 Å². The number of nitrogens with one attached hydrogen (secondary N) is 1. The largest absolute Gasteiger partial charge is 0.473 e.